The van der Waals surface area contributed by atoms with Crippen molar-refractivity contribution in [3.63, 3.8) is 0 Å². The van der Waals surface area contributed by atoms with E-state index in [0.29, 0.717) is 36.5 Å². The average Bonchev–Trinajstić information content (AvgIpc) is 3.29. The number of hydrogen-bond acceptors (Lipinski definition) is 5. The predicted octanol–water partition coefficient (Wildman–Crippen LogP) is 3.70. The van der Waals surface area contributed by atoms with Gasteiger partial charge in [-0.2, -0.15) is 0 Å². The van der Waals surface area contributed by atoms with Crippen molar-refractivity contribution in [2.45, 2.75) is 32.9 Å². The van der Waals surface area contributed by atoms with Crippen molar-refractivity contribution in [2.24, 2.45) is 0 Å². The molecule has 3 heterocycles. The SMILES string of the molecule is Cc1ncc2c(c1CNC(=O)c1cncs1)CCN(C(=O)Cc1ccc(F)cc1Cl)C2. The fourth-order valence-electron chi connectivity index (χ4n) is 3.69. The number of rotatable bonds is 5. The summed E-state index contributed by atoms with van der Waals surface area (Å²) in [6.07, 6.45) is 4.13. The molecule has 2 aromatic heterocycles. The van der Waals surface area contributed by atoms with E-state index in [1.54, 1.807) is 28.9 Å². The number of nitrogens with one attached hydrogen (secondary N) is 1. The molecular weight excluding hydrogens is 439 g/mol. The fraction of sp³-hybridized carbons (Fsp3) is 0.273. The molecule has 0 atom stereocenters. The highest BCUT2D eigenvalue weighted by Gasteiger charge is 2.24. The second-order valence-corrected chi connectivity index (χ2v) is 8.65. The summed E-state index contributed by atoms with van der Waals surface area (Å²) in [6, 6.07) is 4.07. The Kier molecular flexibility index (Phi) is 6.29. The van der Waals surface area contributed by atoms with E-state index in [-0.39, 0.29) is 23.3 Å². The molecule has 0 saturated carbocycles. The first-order valence-electron chi connectivity index (χ1n) is 9.77. The van der Waals surface area contributed by atoms with E-state index in [9.17, 15) is 14.0 Å². The van der Waals surface area contributed by atoms with Crippen LogP contribution in [-0.2, 0) is 30.7 Å². The van der Waals surface area contributed by atoms with E-state index in [1.807, 2.05) is 6.92 Å². The van der Waals surface area contributed by atoms with Crippen molar-refractivity contribution in [2.75, 3.05) is 6.54 Å². The molecule has 1 aromatic carbocycles. The van der Waals surface area contributed by atoms with Gasteiger partial charge in [-0.25, -0.2) is 4.39 Å². The molecule has 2 amide bonds. The van der Waals surface area contributed by atoms with Gasteiger partial charge in [0.2, 0.25) is 5.91 Å². The van der Waals surface area contributed by atoms with Crippen LogP contribution in [0.4, 0.5) is 4.39 Å². The minimum atomic E-state index is -0.426. The first-order chi connectivity index (χ1) is 14.9. The number of carbonyl (C=O) groups excluding carboxylic acids is 2. The summed E-state index contributed by atoms with van der Waals surface area (Å²) in [5.41, 5.74) is 6.17. The maximum atomic E-state index is 13.3. The Morgan fingerprint density at radius 1 is 1.32 bits per heavy atom. The first-order valence-corrected chi connectivity index (χ1v) is 11.0. The standard InChI is InChI=1S/C22H20ClFN4O2S/c1-13-18(9-27-22(30)20-10-25-12-31-20)17-4-5-28(11-15(17)8-26-13)21(29)6-14-2-3-16(24)7-19(14)23/h2-3,7-8,10,12H,4-6,9,11H2,1H3,(H,27,30). The number of pyridine rings is 1. The number of benzene rings is 1. The number of aryl methyl sites for hydroxylation is 1. The number of thiazole rings is 1. The van der Waals surface area contributed by atoms with Gasteiger partial charge >= 0.3 is 0 Å². The highest BCUT2D eigenvalue weighted by molar-refractivity contribution is 7.11. The minimum Gasteiger partial charge on any atom is -0.347 e. The Bertz CT molecular complexity index is 1140. The van der Waals surface area contributed by atoms with Crippen molar-refractivity contribution in [1.29, 1.82) is 0 Å². The van der Waals surface area contributed by atoms with Gasteiger partial charge in [-0.3, -0.25) is 19.6 Å². The largest absolute Gasteiger partial charge is 0.347 e. The summed E-state index contributed by atoms with van der Waals surface area (Å²) in [4.78, 5) is 35.8. The van der Waals surface area contributed by atoms with Crippen LogP contribution in [-0.4, -0.2) is 33.2 Å². The Morgan fingerprint density at radius 2 is 2.16 bits per heavy atom. The van der Waals surface area contributed by atoms with Crippen molar-refractivity contribution in [3.05, 3.63) is 79.8 Å². The van der Waals surface area contributed by atoms with Crippen LogP contribution >= 0.6 is 22.9 Å². The normalized spacial score (nSPS) is 13.1. The summed E-state index contributed by atoms with van der Waals surface area (Å²) in [6.45, 7) is 3.29. The number of halogens is 2. The highest BCUT2D eigenvalue weighted by atomic mass is 35.5. The van der Waals surface area contributed by atoms with Gasteiger partial charge in [0.05, 0.1) is 18.1 Å². The van der Waals surface area contributed by atoms with E-state index in [1.165, 1.54) is 23.5 Å². The molecule has 31 heavy (non-hydrogen) atoms. The lowest BCUT2D eigenvalue weighted by Crippen LogP contribution is -2.38. The van der Waals surface area contributed by atoms with Gasteiger partial charge in [-0.05, 0) is 47.7 Å². The quantitative estimate of drug-likeness (QED) is 0.632. The van der Waals surface area contributed by atoms with Gasteiger partial charge in [-0.15, -0.1) is 11.3 Å². The van der Waals surface area contributed by atoms with E-state index in [0.717, 1.165) is 22.4 Å². The van der Waals surface area contributed by atoms with E-state index in [4.69, 9.17) is 11.6 Å². The van der Waals surface area contributed by atoms with Gasteiger partial charge in [-0.1, -0.05) is 17.7 Å². The zero-order chi connectivity index (χ0) is 22.0. The molecular formula is C22H20ClFN4O2S. The fourth-order valence-corrected chi connectivity index (χ4v) is 4.46. The molecule has 0 radical (unpaired) electrons. The number of carbonyl (C=O) groups is 2. The third-order valence-corrected chi connectivity index (χ3v) is 6.51. The molecule has 6 nitrogen and oxygen atoms in total. The molecule has 1 aliphatic rings. The van der Waals surface area contributed by atoms with Gasteiger partial charge in [0.15, 0.2) is 0 Å². The van der Waals surface area contributed by atoms with Gasteiger partial charge < -0.3 is 10.2 Å². The summed E-state index contributed by atoms with van der Waals surface area (Å²) < 4.78 is 13.3. The third-order valence-electron chi connectivity index (χ3n) is 5.39. The lowest BCUT2D eigenvalue weighted by Gasteiger charge is -2.30. The lowest BCUT2D eigenvalue weighted by atomic mass is 9.94. The number of fused-ring (bicyclic) bond motifs is 1. The van der Waals surface area contributed by atoms with Gasteiger partial charge in [0, 0.05) is 36.5 Å². The molecule has 4 rings (SSSR count). The predicted molar refractivity (Wildman–Crippen MR) is 116 cm³/mol. The molecule has 0 fully saturated rings. The van der Waals surface area contributed by atoms with E-state index < -0.39 is 5.82 Å². The van der Waals surface area contributed by atoms with Crippen LogP contribution in [0.15, 0.2) is 36.1 Å². The topological polar surface area (TPSA) is 75.2 Å². The number of aromatic nitrogens is 2. The molecule has 0 bridgehead atoms. The Morgan fingerprint density at radius 3 is 2.90 bits per heavy atom. The van der Waals surface area contributed by atoms with Crippen molar-refractivity contribution in [3.8, 4) is 0 Å². The van der Waals surface area contributed by atoms with Crippen LogP contribution in [0.1, 0.15) is 37.6 Å². The summed E-state index contributed by atoms with van der Waals surface area (Å²) >= 11 is 7.36. The average molecular weight is 459 g/mol. The Hall–Kier alpha value is -2.84. The molecule has 0 saturated heterocycles. The smallest absolute Gasteiger partial charge is 0.263 e. The molecule has 0 unspecified atom stereocenters. The molecule has 3 aromatic rings. The molecule has 0 aliphatic carbocycles. The van der Waals surface area contributed by atoms with E-state index >= 15 is 0 Å². The zero-order valence-electron chi connectivity index (χ0n) is 16.8. The first kappa shape index (κ1) is 21.4. The van der Waals surface area contributed by atoms with Crippen molar-refractivity contribution >= 4 is 34.8 Å². The Labute approximate surface area is 188 Å². The zero-order valence-corrected chi connectivity index (χ0v) is 18.4. The molecule has 160 valence electrons. The van der Waals surface area contributed by atoms with Crippen molar-refractivity contribution < 1.29 is 14.0 Å². The van der Waals surface area contributed by atoms with Crippen LogP contribution < -0.4 is 5.32 Å². The van der Waals surface area contributed by atoms with Crippen LogP contribution in [0.25, 0.3) is 0 Å². The van der Waals surface area contributed by atoms with Gasteiger partial charge in [0.1, 0.15) is 10.7 Å². The number of hydrogen-bond donors (Lipinski definition) is 1. The highest BCUT2D eigenvalue weighted by Crippen LogP contribution is 2.25. The van der Waals surface area contributed by atoms with Crippen LogP contribution in [0.5, 0.6) is 0 Å². The molecule has 1 N–H and O–H groups in total. The van der Waals surface area contributed by atoms with E-state index in [2.05, 4.69) is 15.3 Å². The number of nitrogens with zero attached hydrogens (tertiary/aromatic N) is 3. The second-order valence-electron chi connectivity index (χ2n) is 7.35. The second kappa shape index (κ2) is 9.11. The van der Waals surface area contributed by atoms with Crippen molar-refractivity contribution in [1.82, 2.24) is 20.2 Å². The van der Waals surface area contributed by atoms with Crippen LogP contribution in [0.2, 0.25) is 5.02 Å². The molecule has 0 spiro atoms. The molecule has 9 heteroatoms. The van der Waals surface area contributed by atoms with Crippen LogP contribution in [0.3, 0.4) is 0 Å². The lowest BCUT2D eigenvalue weighted by molar-refractivity contribution is -0.131. The minimum absolute atomic E-state index is 0.0696. The summed E-state index contributed by atoms with van der Waals surface area (Å²) in [5.74, 6) is -0.660. The maximum Gasteiger partial charge on any atom is 0.263 e. The summed E-state index contributed by atoms with van der Waals surface area (Å²) in [7, 11) is 0. The van der Waals surface area contributed by atoms with Crippen LogP contribution in [0, 0.1) is 12.7 Å². The number of amides is 2. The monoisotopic (exact) mass is 458 g/mol. The summed E-state index contributed by atoms with van der Waals surface area (Å²) in [5, 5.41) is 3.19. The Balaban J connectivity index is 1.46. The van der Waals surface area contributed by atoms with Gasteiger partial charge in [0.25, 0.3) is 5.91 Å². The third kappa shape index (κ3) is 4.75. The maximum absolute atomic E-state index is 13.3. The molecule has 1 aliphatic heterocycles.